The summed E-state index contributed by atoms with van der Waals surface area (Å²) >= 11 is 1.50. The van der Waals surface area contributed by atoms with E-state index in [-0.39, 0.29) is 44.2 Å². The maximum atomic E-state index is 13.1. The molecule has 2 saturated heterocycles. The van der Waals surface area contributed by atoms with E-state index in [1.54, 1.807) is 11.7 Å². The minimum absolute atomic E-state index is 0.0239. The lowest BCUT2D eigenvalue weighted by Crippen LogP contribution is -2.50. The molecule has 1 aromatic heterocycles. The fraction of sp³-hybridized carbons (Fsp3) is 0.400. The molecule has 0 bridgehead atoms. The van der Waals surface area contributed by atoms with Gasteiger partial charge in [-0.15, -0.1) is 5.10 Å². The smallest absolute Gasteiger partial charge is 0.392 e. The second-order valence-corrected chi connectivity index (χ2v) is 13.4. The molecule has 4 aromatic rings. The van der Waals surface area contributed by atoms with Crippen molar-refractivity contribution in [2.75, 3.05) is 12.3 Å². The first-order valence-electron chi connectivity index (χ1n) is 16.2. The van der Waals surface area contributed by atoms with E-state index >= 15 is 0 Å². The minimum Gasteiger partial charge on any atom is -0.392 e. The number of amides is 2. The largest absolute Gasteiger partial charge is 0.471 e. The van der Waals surface area contributed by atoms with Gasteiger partial charge in [-0.2, -0.15) is 13.2 Å². The Morgan fingerprint density at radius 2 is 1.74 bits per heavy atom. The van der Waals surface area contributed by atoms with Gasteiger partial charge < -0.3 is 24.8 Å². The second kappa shape index (κ2) is 15.3. The number of benzene rings is 3. The SMILES string of the molecule is C[C@@H]1[C@H](CSc2nnnn2C)O[C@H](c2ccc(-c3ccccc3CNC(=O)[C@@H]3CCCN3C(=O)C(F)(F)F)cc2)O[C@@H]1c1ccc(CO)cc1. The molecule has 0 saturated carbocycles. The Kier molecular flexibility index (Phi) is 10.9. The number of aromatic nitrogens is 4. The van der Waals surface area contributed by atoms with Crippen molar-refractivity contribution in [3.63, 3.8) is 0 Å². The molecule has 11 nitrogen and oxygen atoms in total. The summed E-state index contributed by atoms with van der Waals surface area (Å²) in [6.45, 7) is 1.99. The lowest BCUT2D eigenvalue weighted by Gasteiger charge is -2.41. The highest BCUT2D eigenvalue weighted by Crippen LogP contribution is 2.43. The van der Waals surface area contributed by atoms with Crippen molar-refractivity contribution in [3.8, 4) is 11.1 Å². The van der Waals surface area contributed by atoms with Gasteiger partial charge in [-0.05, 0) is 51.1 Å². The van der Waals surface area contributed by atoms with E-state index in [1.807, 2.05) is 72.8 Å². The molecule has 15 heteroatoms. The van der Waals surface area contributed by atoms with Crippen molar-refractivity contribution in [3.05, 3.63) is 95.1 Å². The first kappa shape index (κ1) is 35.5. The first-order valence-corrected chi connectivity index (χ1v) is 17.2. The maximum absolute atomic E-state index is 13.1. The van der Waals surface area contributed by atoms with Gasteiger partial charge in [0.15, 0.2) is 6.29 Å². The predicted molar refractivity (Wildman–Crippen MR) is 177 cm³/mol. The summed E-state index contributed by atoms with van der Waals surface area (Å²) in [5.74, 6) is -2.05. The minimum atomic E-state index is -5.03. The topological polar surface area (TPSA) is 132 Å². The van der Waals surface area contributed by atoms with Crippen molar-refractivity contribution in [1.82, 2.24) is 30.4 Å². The maximum Gasteiger partial charge on any atom is 0.471 e. The Morgan fingerprint density at radius 3 is 2.42 bits per heavy atom. The zero-order valence-electron chi connectivity index (χ0n) is 27.4. The van der Waals surface area contributed by atoms with Gasteiger partial charge in [0.2, 0.25) is 11.1 Å². The first-order chi connectivity index (χ1) is 24.0. The van der Waals surface area contributed by atoms with Crippen LogP contribution in [0, 0.1) is 5.92 Å². The van der Waals surface area contributed by atoms with Crippen LogP contribution in [-0.4, -0.2) is 72.6 Å². The van der Waals surface area contributed by atoms with Crippen molar-refractivity contribution >= 4 is 23.6 Å². The van der Waals surface area contributed by atoms with E-state index in [0.29, 0.717) is 22.2 Å². The molecule has 2 N–H and O–H groups in total. The van der Waals surface area contributed by atoms with Crippen LogP contribution in [0.5, 0.6) is 0 Å². The van der Waals surface area contributed by atoms with E-state index in [2.05, 4.69) is 27.8 Å². The highest BCUT2D eigenvalue weighted by atomic mass is 32.2. The van der Waals surface area contributed by atoms with Gasteiger partial charge in [0, 0.05) is 37.4 Å². The van der Waals surface area contributed by atoms with Gasteiger partial charge in [-0.1, -0.05) is 91.5 Å². The third-order valence-electron chi connectivity index (χ3n) is 9.10. The van der Waals surface area contributed by atoms with Crippen LogP contribution >= 0.6 is 11.8 Å². The van der Waals surface area contributed by atoms with Gasteiger partial charge in [-0.25, -0.2) is 4.68 Å². The Bertz CT molecular complexity index is 1790. The number of aliphatic hydroxyl groups excluding tert-OH is 1. The molecule has 5 atom stereocenters. The normalized spacial score (nSPS) is 22.4. The Morgan fingerprint density at radius 1 is 1.02 bits per heavy atom. The molecule has 0 aliphatic carbocycles. The molecule has 264 valence electrons. The number of nitrogens with zero attached hydrogens (tertiary/aromatic N) is 5. The number of thioether (sulfide) groups is 1. The highest BCUT2D eigenvalue weighted by Gasteiger charge is 2.47. The van der Waals surface area contributed by atoms with Crippen LogP contribution in [0.3, 0.4) is 0 Å². The number of ether oxygens (including phenoxy) is 2. The fourth-order valence-corrected chi connectivity index (χ4v) is 7.34. The molecule has 2 aliphatic rings. The van der Waals surface area contributed by atoms with Crippen molar-refractivity contribution in [2.24, 2.45) is 13.0 Å². The monoisotopic (exact) mass is 710 g/mol. The number of aryl methyl sites for hydroxylation is 1. The Labute approximate surface area is 291 Å². The van der Waals surface area contributed by atoms with Crippen LogP contribution in [0.15, 0.2) is 78.0 Å². The molecule has 3 aromatic carbocycles. The molecule has 3 heterocycles. The molecular weight excluding hydrogens is 673 g/mol. The van der Waals surface area contributed by atoms with Crippen LogP contribution in [0.1, 0.15) is 54.4 Å². The summed E-state index contributed by atoms with van der Waals surface area (Å²) in [5.41, 5.74) is 5.03. The number of carbonyl (C=O) groups excluding carboxylic acids is 2. The number of aliphatic hydroxyl groups is 1. The molecule has 0 spiro atoms. The number of carbonyl (C=O) groups is 2. The van der Waals surface area contributed by atoms with E-state index < -0.39 is 30.3 Å². The average Bonchev–Trinajstić information content (AvgIpc) is 3.79. The van der Waals surface area contributed by atoms with Crippen molar-refractivity contribution in [1.29, 1.82) is 0 Å². The van der Waals surface area contributed by atoms with E-state index in [4.69, 9.17) is 9.47 Å². The number of hydrogen-bond acceptors (Lipinski definition) is 9. The Balaban J connectivity index is 1.18. The fourth-order valence-electron chi connectivity index (χ4n) is 6.33. The van der Waals surface area contributed by atoms with Gasteiger partial charge in [0.25, 0.3) is 0 Å². The number of rotatable bonds is 10. The molecule has 2 aliphatic heterocycles. The molecule has 0 radical (unpaired) electrons. The molecule has 2 amide bonds. The van der Waals surface area contributed by atoms with Crippen LogP contribution in [0.2, 0.25) is 0 Å². The van der Waals surface area contributed by atoms with Crippen LogP contribution in [-0.2, 0) is 39.3 Å². The summed E-state index contributed by atoms with van der Waals surface area (Å²) in [7, 11) is 1.78. The predicted octanol–water partition coefficient (Wildman–Crippen LogP) is 5.12. The zero-order valence-corrected chi connectivity index (χ0v) is 28.2. The third-order valence-corrected chi connectivity index (χ3v) is 10.2. The molecule has 6 rings (SSSR count). The van der Waals surface area contributed by atoms with Gasteiger partial charge in [0.05, 0.1) is 18.8 Å². The number of halogens is 3. The number of nitrogens with one attached hydrogen (secondary N) is 1. The standard InChI is InChI=1S/C35H37F3N6O5S/c1-21-29(20-50-34-40-41-42-43(34)2)48-32(49-30(21)24-11-9-22(19-45)10-12-24)25-15-13-23(14-16-25)27-7-4-3-6-26(27)18-39-31(46)28-8-5-17-44(28)33(47)35(36,37)38/h3-4,6-7,9-16,21,28-30,32,45H,5,8,17-20H2,1-2H3,(H,39,46)/t21-,28+,29+,30+,32+/m1/s1. The van der Waals surface area contributed by atoms with Crippen molar-refractivity contribution < 1.29 is 37.3 Å². The average molecular weight is 711 g/mol. The highest BCUT2D eigenvalue weighted by molar-refractivity contribution is 7.99. The van der Waals surface area contributed by atoms with Crippen LogP contribution in [0.4, 0.5) is 13.2 Å². The number of alkyl halides is 3. The quantitative estimate of drug-likeness (QED) is 0.215. The van der Waals surface area contributed by atoms with E-state index in [0.717, 1.165) is 33.4 Å². The Hall–Kier alpha value is -4.31. The van der Waals surface area contributed by atoms with Crippen LogP contribution < -0.4 is 5.32 Å². The van der Waals surface area contributed by atoms with Gasteiger partial charge >= 0.3 is 12.1 Å². The lowest BCUT2D eigenvalue weighted by molar-refractivity contribution is -0.268. The van der Waals surface area contributed by atoms with E-state index in [9.17, 15) is 27.9 Å². The summed E-state index contributed by atoms with van der Waals surface area (Å²) < 4.78 is 54.0. The van der Waals surface area contributed by atoms with Gasteiger partial charge in [0.1, 0.15) is 6.04 Å². The summed E-state index contributed by atoms with van der Waals surface area (Å²) in [5, 5.41) is 24.7. The van der Waals surface area contributed by atoms with Crippen molar-refractivity contribution in [2.45, 2.75) is 68.8 Å². The lowest BCUT2D eigenvalue weighted by atomic mass is 9.91. The number of hydrogen-bond donors (Lipinski definition) is 2. The number of likely N-dealkylation sites (tertiary alicyclic amines) is 1. The molecular formula is C35H37F3N6O5S. The zero-order chi connectivity index (χ0) is 35.4. The third kappa shape index (κ3) is 7.85. The molecule has 0 unspecified atom stereocenters. The second-order valence-electron chi connectivity index (χ2n) is 12.4. The van der Waals surface area contributed by atoms with Gasteiger partial charge in [-0.3, -0.25) is 9.59 Å². The summed E-state index contributed by atoms with van der Waals surface area (Å²) in [4.78, 5) is 25.4. The molecule has 2 fully saturated rings. The van der Waals surface area contributed by atoms with Crippen LogP contribution in [0.25, 0.3) is 11.1 Å². The van der Waals surface area contributed by atoms with E-state index in [1.165, 1.54) is 11.8 Å². The number of tetrazole rings is 1. The summed E-state index contributed by atoms with van der Waals surface area (Å²) in [6, 6.07) is 21.7. The summed E-state index contributed by atoms with van der Waals surface area (Å²) in [6.07, 6.45) is -5.73. The molecule has 50 heavy (non-hydrogen) atoms.